The zero-order chi connectivity index (χ0) is 14.7. The average molecular weight is 392 g/mol. The number of nitrogens with zero attached hydrogens (tertiary/aromatic N) is 2. The van der Waals surface area contributed by atoms with Crippen LogP contribution in [0.25, 0.3) is 11.4 Å². The van der Waals surface area contributed by atoms with Gasteiger partial charge in [0.05, 0.1) is 0 Å². The molecule has 21 heavy (non-hydrogen) atoms. The van der Waals surface area contributed by atoms with Crippen LogP contribution in [0, 0.1) is 10.5 Å². The van der Waals surface area contributed by atoms with E-state index in [4.69, 9.17) is 9.26 Å². The van der Waals surface area contributed by atoms with Crippen LogP contribution in [0.5, 0.6) is 5.75 Å². The molecular formula is C16H13IN2O2. The van der Waals surface area contributed by atoms with Crippen molar-refractivity contribution in [1.82, 2.24) is 10.1 Å². The first-order valence-corrected chi connectivity index (χ1v) is 7.57. The first-order chi connectivity index (χ1) is 10.2. The second kappa shape index (κ2) is 6.26. The summed E-state index contributed by atoms with van der Waals surface area (Å²) >= 11 is 2.25. The summed E-state index contributed by atoms with van der Waals surface area (Å²) in [6.07, 6.45) is 0. The second-order valence-corrected chi connectivity index (χ2v) is 5.81. The first kappa shape index (κ1) is 14.1. The maximum atomic E-state index is 5.63. The summed E-state index contributed by atoms with van der Waals surface area (Å²) in [5.41, 5.74) is 2.09. The van der Waals surface area contributed by atoms with E-state index in [9.17, 15) is 0 Å². The van der Waals surface area contributed by atoms with Crippen LogP contribution in [0.15, 0.2) is 53.1 Å². The van der Waals surface area contributed by atoms with Gasteiger partial charge in [-0.15, -0.1) is 0 Å². The predicted octanol–water partition coefficient (Wildman–Crippen LogP) is 4.23. The molecule has 1 aromatic heterocycles. The van der Waals surface area contributed by atoms with E-state index in [1.807, 2.05) is 55.5 Å². The normalized spacial score (nSPS) is 10.6. The van der Waals surface area contributed by atoms with Crippen molar-refractivity contribution >= 4 is 22.6 Å². The standard InChI is InChI=1S/C16H13IN2O2/c1-11-4-2-3-5-14(11)16-18-15(21-19-16)10-20-13-8-6-12(17)7-9-13/h2-9H,10H2,1H3. The molecule has 0 radical (unpaired) electrons. The van der Waals surface area contributed by atoms with E-state index in [2.05, 4.69) is 32.7 Å². The van der Waals surface area contributed by atoms with Crippen molar-refractivity contribution in [3.8, 4) is 17.1 Å². The predicted molar refractivity (Wildman–Crippen MR) is 88.0 cm³/mol. The van der Waals surface area contributed by atoms with Crippen LogP contribution in [-0.4, -0.2) is 10.1 Å². The number of hydrogen-bond acceptors (Lipinski definition) is 4. The second-order valence-electron chi connectivity index (χ2n) is 4.57. The molecule has 4 nitrogen and oxygen atoms in total. The highest BCUT2D eigenvalue weighted by Gasteiger charge is 2.10. The van der Waals surface area contributed by atoms with E-state index >= 15 is 0 Å². The zero-order valence-electron chi connectivity index (χ0n) is 11.4. The van der Waals surface area contributed by atoms with E-state index < -0.39 is 0 Å². The summed E-state index contributed by atoms with van der Waals surface area (Å²) < 4.78 is 12.0. The fourth-order valence-corrected chi connectivity index (χ4v) is 2.28. The number of hydrogen-bond donors (Lipinski definition) is 0. The Bertz CT molecular complexity index is 738. The summed E-state index contributed by atoms with van der Waals surface area (Å²) in [6, 6.07) is 15.8. The van der Waals surface area contributed by atoms with Gasteiger partial charge in [0.25, 0.3) is 5.89 Å². The van der Waals surface area contributed by atoms with Crippen LogP contribution in [0.1, 0.15) is 11.5 Å². The molecule has 0 saturated carbocycles. The molecular weight excluding hydrogens is 379 g/mol. The summed E-state index contributed by atoms with van der Waals surface area (Å²) in [5.74, 6) is 1.84. The average Bonchev–Trinajstić information content (AvgIpc) is 2.96. The van der Waals surface area contributed by atoms with Gasteiger partial charge >= 0.3 is 0 Å². The fraction of sp³-hybridized carbons (Fsp3) is 0.125. The zero-order valence-corrected chi connectivity index (χ0v) is 13.6. The lowest BCUT2D eigenvalue weighted by Crippen LogP contribution is -1.95. The van der Waals surface area contributed by atoms with Gasteiger partial charge in [-0.3, -0.25) is 0 Å². The Labute approximate surface area is 136 Å². The molecule has 0 N–H and O–H groups in total. The largest absolute Gasteiger partial charge is 0.484 e. The molecule has 0 amide bonds. The third kappa shape index (κ3) is 3.41. The van der Waals surface area contributed by atoms with Crippen LogP contribution in [0.4, 0.5) is 0 Å². The van der Waals surface area contributed by atoms with Crippen molar-refractivity contribution in [3.63, 3.8) is 0 Å². The van der Waals surface area contributed by atoms with Crippen LogP contribution in [0.3, 0.4) is 0 Å². The highest BCUT2D eigenvalue weighted by Crippen LogP contribution is 2.20. The van der Waals surface area contributed by atoms with Gasteiger partial charge < -0.3 is 9.26 Å². The van der Waals surface area contributed by atoms with Gasteiger partial charge in [-0.05, 0) is 59.3 Å². The Hall–Kier alpha value is -1.89. The number of aryl methyl sites for hydroxylation is 1. The molecule has 0 aliphatic heterocycles. The van der Waals surface area contributed by atoms with Gasteiger partial charge in [-0.1, -0.05) is 29.4 Å². The van der Waals surface area contributed by atoms with Gasteiger partial charge in [-0.25, -0.2) is 0 Å². The molecule has 0 bridgehead atoms. The van der Waals surface area contributed by atoms with Crippen molar-refractivity contribution in [2.24, 2.45) is 0 Å². The fourth-order valence-electron chi connectivity index (χ4n) is 1.92. The van der Waals surface area contributed by atoms with Crippen molar-refractivity contribution < 1.29 is 9.26 Å². The molecule has 0 fully saturated rings. The maximum Gasteiger partial charge on any atom is 0.264 e. The Balaban J connectivity index is 1.71. The summed E-state index contributed by atoms with van der Waals surface area (Å²) in [7, 11) is 0. The lowest BCUT2D eigenvalue weighted by atomic mass is 10.1. The molecule has 0 spiro atoms. The summed E-state index contributed by atoms with van der Waals surface area (Å²) in [5, 5.41) is 4.01. The molecule has 0 atom stereocenters. The summed E-state index contributed by atoms with van der Waals surface area (Å²) in [6.45, 7) is 2.28. The Morgan fingerprint density at radius 3 is 2.62 bits per heavy atom. The van der Waals surface area contributed by atoms with Gasteiger partial charge in [0.1, 0.15) is 5.75 Å². The minimum atomic E-state index is 0.263. The van der Waals surface area contributed by atoms with Crippen LogP contribution in [0.2, 0.25) is 0 Å². The number of benzene rings is 2. The van der Waals surface area contributed by atoms with Crippen molar-refractivity contribution in [3.05, 3.63) is 63.6 Å². The molecule has 0 aliphatic rings. The minimum Gasteiger partial charge on any atom is -0.484 e. The van der Waals surface area contributed by atoms with Crippen LogP contribution < -0.4 is 4.74 Å². The summed E-state index contributed by atoms with van der Waals surface area (Å²) in [4.78, 5) is 4.37. The van der Waals surface area contributed by atoms with E-state index in [0.29, 0.717) is 11.7 Å². The number of aromatic nitrogens is 2. The topological polar surface area (TPSA) is 48.2 Å². The molecule has 106 valence electrons. The minimum absolute atomic E-state index is 0.263. The van der Waals surface area contributed by atoms with Crippen molar-refractivity contribution in [2.75, 3.05) is 0 Å². The molecule has 3 aromatic rings. The lowest BCUT2D eigenvalue weighted by Gasteiger charge is -2.02. The molecule has 2 aromatic carbocycles. The molecule has 0 saturated heterocycles. The first-order valence-electron chi connectivity index (χ1n) is 6.49. The third-order valence-electron chi connectivity index (χ3n) is 3.03. The Morgan fingerprint density at radius 2 is 1.86 bits per heavy atom. The Kier molecular flexibility index (Phi) is 4.19. The van der Waals surface area contributed by atoms with E-state index in [0.717, 1.165) is 16.9 Å². The van der Waals surface area contributed by atoms with Gasteiger partial charge in [0, 0.05) is 9.13 Å². The van der Waals surface area contributed by atoms with Crippen LogP contribution in [-0.2, 0) is 6.61 Å². The van der Waals surface area contributed by atoms with Gasteiger partial charge in [0.15, 0.2) is 6.61 Å². The molecule has 1 heterocycles. The molecule has 5 heteroatoms. The van der Waals surface area contributed by atoms with Crippen molar-refractivity contribution in [1.29, 1.82) is 0 Å². The highest BCUT2D eigenvalue weighted by atomic mass is 127. The highest BCUT2D eigenvalue weighted by molar-refractivity contribution is 14.1. The molecule has 3 rings (SSSR count). The number of rotatable bonds is 4. The van der Waals surface area contributed by atoms with Gasteiger partial charge in [-0.2, -0.15) is 4.98 Å². The Morgan fingerprint density at radius 1 is 1.10 bits per heavy atom. The smallest absolute Gasteiger partial charge is 0.264 e. The maximum absolute atomic E-state index is 5.63. The number of ether oxygens (including phenoxy) is 1. The molecule has 0 aliphatic carbocycles. The number of halogens is 1. The monoisotopic (exact) mass is 392 g/mol. The van der Waals surface area contributed by atoms with Crippen molar-refractivity contribution in [2.45, 2.75) is 13.5 Å². The lowest BCUT2D eigenvalue weighted by molar-refractivity contribution is 0.243. The molecule has 0 unspecified atom stereocenters. The van der Waals surface area contributed by atoms with E-state index in [1.165, 1.54) is 3.57 Å². The van der Waals surface area contributed by atoms with Gasteiger partial charge in [0.2, 0.25) is 5.82 Å². The quantitative estimate of drug-likeness (QED) is 0.624. The van der Waals surface area contributed by atoms with E-state index in [-0.39, 0.29) is 6.61 Å². The SMILES string of the molecule is Cc1ccccc1-c1noc(COc2ccc(I)cc2)n1. The van der Waals surface area contributed by atoms with E-state index in [1.54, 1.807) is 0 Å². The third-order valence-corrected chi connectivity index (χ3v) is 3.75. The van der Waals surface area contributed by atoms with Crippen LogP contribution >= 0.6 is 22.6 Å².